The number of hydrogen-bond acceptors (Lipinski definition) is 1. The van der Waals surface area contributed by atoms with Gasteiger partial charge in [-0.3, -0.25) is 4.79 Å². The molecule has 0 aliphatic heterocycles. The lowest BCUT2D eigenvalue weighted by Crippen LogP contribution is -2.52. The number of rotatable bonds is 0. The van der Waals surface area contributed by atoms with Crippen LogP contribution in [0.2, 0.25) is 0 Å². The molecule has 120 valence electrons. The van der Waals surface area contributed by atoms with Gasteiger partial charge in [0.05, 0.1) is 0 Å². The summed E-state index contributed by atoms with van der Waals surface area (Å²) in [6.07, 6.45) is 11.9. The Kier molecular flexibility index (Phi) is 3.07. The Hall–Kier alpha value is -0.850. The highest BCUT2D eigenvalue weighted by Gasteiger charge is 2.60. The van der Waals surface area contributed by atoms with Crippen LogP contribution in [0.5, 0.6) is 0 Å². The smallest absolute Gasteiger partial charge is 0.139 e. The minimum absolute atomic E-state index is 0.0112. The zero-order valence-corrected chi connectivity index (χ0v) is 14.6. The fourth-order valence-electron chi connectivity index (χ4n) is 6.95. The van der Waals surface area contributed by atoms with E-state index in [2.05, 4.69) is 39.8 Å². The Balaban J connectivity index is 1.78. The van der Waals surface area contributed by atoms with E-state index in [1.54, 1.807) is 11.1 Å². The zero-order valence-electron chi connectivity index (χ0n) is 14.6. The third-order valence-corrected chi connectivity index (χ3v) is 7.92. The van der Waals surface area contributed by atoms with E-state index in [0.717, 1.165) is 31.1 Å². The first-order valence-electron chi connectivity index (χ1n) is 9.27. The van der Waals surface area contributed by atoms with Gasteiger partial charge < -0.3 is 0 Å². The van der Waals surface area contributed by atoms with Crippen molar-refractivity contribution in [1.29, 1.82) is 0 Å². The lowest BCUT2D eigenvalue weighted by molar-refractivity contribution is -0.135. The average Bonchev–Trinajstić information content (AvgIpc) is 2.75. The molecule has 4 aliphatic rings. The molecular formula is C21H30O. The predicted molar refractivity (Wildman–Crippen MR) is 90.4 cm³/mol. The van der Waals surface area contributed by atoms with Crippen LogP contribution in [0.1, 0.15) is 66.2 Å². The maximum Gasteiger partial charge on any atom is 0.139 e. The van der Waals surface area contributed by atoms with Crippen LogP contribution in [0.25, 0.3) is 0 Å². The molecule has 0 bridgehead atoms. The van der Waals surface area contributed by atoms with Gasteiger partial charge in [-0.25, -0.2) is 0 Å². The maximum absolute atomic E-state index is 12.5. The van der Waals surface area contributed by atoms with Crippen molar-refractivity contribution in [3.63, 3.8) is 0 Å². The molecule has 22 heavy (non-hydrogen) atoms. The summed E-state index contributed by atoms with van der Waals surface area (Å²) in [7, 11) is 0. The van der Waals surface area contributed by atoms with Crippen molar-refractivity contribution in [2.45, 2.75) is 66.2 Å². The minimum atomic E-state index is -0.0112. The molecule has 2 saturated carbocycles. The van der Waals surface area contributed by atoms with E-state index >= 15 is 0 Å². The van der Waals surface area contributed by atoms with E-state index in [1.807, 2.05) is 0 Å². The highest BCUT2D eigenvalue weighted by Crippen LogP contribution is 2.65. The third kappa shape index (κ3) is 1.74. The molecule has 0 aromatic carbocycles. The number of allylic oxidation sites excluding steroid dienone is 4. The van der Waals surface area contributed by atoms with Gasteiger partial charge in [0.2, 0.25) is 0 Å². The highest BCUT2D eigenvalue weighted by atomic mass is 16.1. The second-order valence-corrected chi connectivity index (χ2v) is 9.16. The van der Waals surface area contributed by atoms with E-state index in [0.29, 0.717) is 23.0 Å². The first kappa shape index (κ1) is 14.7. The summed E-state index contributed by atoms with van der Waals surface area (Å²) >= 11 is 0. The average molecular weight is 298 g/mol. The van der Waals surface area contributed by atoms with Crippen LogP contribution in [0.4, 0.5) is 0 Å². The van der Waals surface area contributed by atoms with Gasteiger partial charge in [-0.1, -0.05) is 38.5 Å². The first-order chi connectivity index (χ1) is 10.4. The van der Waals surface area contributed by atoms with Crippen molar-refractivity contribution < 1.29 is 4.79 Å². The van der Waals surface area contributed by atoms with Crippen molar-refractivity contribution in [2.75, 3.05) is 0 Å². The molecule has 0 N–H and O–H groups in total. The molecule has 4 aliphatic carbocycles. The Bertz CT molecular complexity index is 583. The largest absolute Gasteiger partial charge is 0.299 e. The van der Waals surface area contributed by atoms with Gasteiger partial charge in [0, 0.05) is 11.8 Å². The normalized spacial score (nSPS) is 50.6. The van der Waals surface area contributed by atoms with Gasteiger partial charge in [-0.05, 0) is 73.7 Å². The van der Waals surface area contributed by atoms with Gasteiger partial charge in [-0.2, -0.15) is 0 Å². The number of fused-ring (bicyclic) bond motifs is 5. The predicted octanol–water partition coefficient (Wildman–Crippen LogP) is 5.32. The quantitative estimate of drug-likeness (QED) is 0.591. The minimum Gasteiger partial charge on any atom is -0.299 e. The second kappa shape index (κ2) is 4.58. The number of carbonyl (C=O) groups is 1. The summed E-state index contributed by atoms with van der Waals surface area (Å²) in [4.78, 5) is 12.5. The van der Waals surface area contributed by atoms with Crippen LogP contribution in [-0.2, 0) is 4.79 Å². The molecular weight excluding hydrogens is 268 g/mol. The number of hydrogen-bond donors (Lipinski definition) is 0. The molecule has 0 saturated heterocycles. The molecule has 0 aromatic rings. The third-order valence-electron chi connectivity index (χ3n) is 7.92. The molecule has 3 unspecified atom stereocenters. The fraction of sp³-hybridized carbons (Fsp3) is 0.762. The summed E-state index contributed by atoms with van der Waals surface area (Å²) in [5.41, 5.74) is 3.50. The van der Waals surface area contributed by atoms with Gasteiger partial charge in [0.25, 0.3) is 0 Å². The number of Topliss-reactive ketones (excluding diaryl/α,β-unsaturated/α-hetero) is 1. The molecule has 2 fully saturated rings. The zero-order chi connectivity index (χ0) is 15.7. The molecule has 0 amide bonds. The van der Waals surface area contributed by atoms with Crippen molar-refractivity contribution in [1.82, 2.24) is 0 Å². The molecule has 6 atom stereocenters. The molecule has 0 heterocycles. The van der Waals surface area contributed by atoms with Crippen molar-refractivity contribution in [3.8, 4) is 0 Å². The van der Waals surface area contributed by atoms with Gasteiger partial charge in [0.1, 0.15) is 5.78 Å². The van der Waals surface area contributed by atoms with E-state index in [1.165, 1.54) is 19.3 Å². The highest BCUT2D eigenvalue weighted by molar-refractivity contribution is 5.87. The first-order valence-corrected chi connectivity index (χ1v) is 9.27. The Morgan fingerprint density at radius 2 is 1.95 bits per heavy atom. The Labute approximate surface area is 135 Å². The van der Waals surface area contributed by atoms with E-state index in [4.69, 9.17) is 0 Å². The summed E-state index contributed by atoms with van der Waals surface area (Å²) in [6, 6.07) is 0. The summed E-state index contributed by atoms with van der Waals surface area (Å²) in [6.45, 7) is 9.52. The second-order valence-electron chi connectivity index (χ2n) is 9.16. The van der Waals surface area contributed by atoms with Crippen molar-refractivity contribution in [3.05, 3.63) is 23.3 Å². The summed E-state index contributed by atoms with van der Waals surface area (Å²) < 4.78 is 0. The van der Waals surface area contributed by atoms with Gasteiger partial charge in [-0.15, -0.1) is 0 Å². The summed E-state index contributed by atoms with van der Waals surface area (Å²) in [5.74, 6) is 3.39. The van der Waals surface area contributed by atoms with Crippen LogP contribution in [-0.4, -0.2) is 5.78 Å². The maximum atomic E-state index is 12.5. The summed E-state index contributed by atoms with van der Waals surface area (Å²) in [5, 5.41) is 0. The fourth-order valence-corrected chi connectivity index (χ4v) is 6.95. The molecule has 0 radical (unpaired) electrons. The van der Waals surface area contributed by atoms with Crippen molar-refractivity contribution in [2.24, 2.45) is 34.5 Å². The van der Waals surface area contributed by atoms with Crippen LogP contribution in [0, 0.1) is 34.5 Å². The molecule has 1 heteroatoms. The molecule has 4 rings (SSSR count). The van der Waals surface area contributed by atoms with Crippen LogP contribution >= 0.6 is 0 Å². The van der Waals surface area contributed by atoms with Crippen LogP contribution < -0.4 is 0 Å². The Morgan fingerprint density at radius 3 is 2.73 bits per heavy atom. The number of carbonyl (C=O) groups excluding carboxylic acids is 1. The lowest BCUT2D eigenvalue weighted by Gasteiger charge is -2.58. The Morgan fingerprint density at radius 1 is 1.18 bits per heavy atom. The van der Waals surface area contributed by atoms with E-state index < -0.39 is 0 Å². The monoisotopic (exact) mass is 298 g/mol. The van der Waals surface area contributed by atoms with Crippen molar-refractivity contribution >= 4 is 5.78 Å². The number of ketones is 1. The lowest BCUT2D eigenvalue weighted by atomic mass is 9.46. The van der Waals surface area contributed by atoms with Crippen LogP contribution in [0.15, 0.2) is 23.3 Å². The van der Waals surface area contributed by atoms with E-state index in [-0.39, 0.29) is 5.41 Å². The van der Waals surface area contributed by atoms with Gasteiger partial charge in [0.15, 0.2) is 0 Å². The SMILES string of the molecule is CC1=CC2=CCC3C([C@@H](C)C[C@]4(C)C(=O)CCC34)[C@@]2(C)CC1. The standard InChI is InChI=1S/C21H30O/c1-13-9-10-20(3)15(11-13)5-6-16-17-7-8-18(22)21(17,4)12-14(2)19(16)20/h5,11,14,16-17,19H,6-10,12H2,1-4H3/t14-,16?,17?,19?,20-,21-/m0/s1. The molecule has 0 aromatic heterocycles. The van der Waals surface area contributed by atoms with Gasteiger partial charge >= 0.3 is 0 Å². The topological polar surface area (TPSA) is 17.1 Å². The van der Waals surface area contributed by atoms with Crippen LogP contribution in [0.3, 0.4) is 0 Å². The van der Waals surface area contributed by atoms with E-state index in [9.17, 15) is 4.79 Å². The molecule has 0 spiro atoms. The molecule has 1 nitrogen and oxygen atoms in total.